The van der Waals surface area contributed by atoms with Gasteiger partial charge in [0, 0.05) is 13.1 Å². The van der Waals surface area contributed by atoms with Crippen LogP contribution in [0, 0.1) is 12.8 Å². The summed E-state index contributed by atoms with van der Waals surface area (Å²) in [5.74, 6) is -0.704. The summed E-state index contributed by atoms with van der Waals surface area (Å²) in [6.45, 7) is 7.95. The number of amides is 2. The van der Waals surface area contributed by atoms with Crippen LogP contribution in [0.2, 0.25) is 0 Å². The molecule has 0 unspecified atom stereocenters. The van der Waals surface area contributed by atoms with Crippen LogP contribution in [-0.2, 0) is 23.1 Å². The van der Waals surface area contributed by atoms with Crippen LogP contribution in [0.4, 0.5) is 5.82 Å². The molecule has 0 aliphatic carbocycles. The van der Waals surface area contributed by atoms with Crippen LogP contribution in [0.15, 0.2) is 30.3 Å². The van der Waals surface area contributed by atoms with Gasteiger partial charge in [-0.05, 0) is 30.4 Å². The Balaban J connectivity index is 2.08. The van der Waals surface area contributed by atoms with Crippen molar-refractivity contribution in [1.29, 1.82) is 0 Å². The first-order valence-corrected chi connectivity index (χ1v) is 8.53. The van der Waals surface area contributed by atoms with Gasteiger partial charge >= 0.3 is 11.8 Å². The van der Waals surface area contributed by atoms with E-state index in [0.29, 0.717) is 5.82 Å². The third-order valence-corrected chi connectivity index (χ3v) is 4.15. The second-order valence-corrected chi connectivity index (χ2v) is 6.54. The van der Waals surface area contributed by atoms with E-state index >= 15 is 0 Å². The number of anilines is 1. The highest BCUT2D eigenvalue weighted by Gasteiger charge is 2.23. The van der Waals surface area contributed by atoms with Crippen molar-refractivity contribution in [3.8, 4) is 0 Å². The number of hydrogen-bond donors (Lipinski definition) is 2. The highest BCUT2D eigenvalue weighted by molar-refractivity contribution is 6.39. The average Bonchev–Trinajstić information content (AvgIpc) is 2.89. The summed E-state index contributed by atoms with van der Waals surface area (Å²) in [5.41, 5.74) is 3.00. The molecule has 0 spiro atoms. The predicted octanol–water partition coefficient (Wildman–Crippen LogP) is 2.74. The van der Waals surface area contributed by atoms with Crippen molar-refractivity contribution < 1.29 is 9.59 Å². The van der Waals surface area contributed by atoms with E-state index in [1.165, 1.54) is 10.2 Å². The van der Waals surface area contributed by atoms with Gasteiger partial charge in [-0.15, -0.1) is 0 Å². The molecule has 134 valence electrons. The van der Waals surface area contributed by atoms with Crippen molar-refractivity contribution in [2.45, 2.75) is 40.2 Å². The van der Waals surface area contributed by atoms with Crippen LogP contribution in [0.5, 0.6) is 0 Å². The summed E-state index contributed by atoms with van der Waals surface area (Å²) in [5, 5.41) is 9.58. The fraction of sp³-hybridized carbons (Fsp3) is 0.421. The summed E-state index contributed by atoms with van der Waals surface area (Å²) in [7, 11) is 1.72. The van der Waals surface area contributed by atoms with Crippen LogP contribution in [0.3, 0.4) is 0 Å². The quantitative estimate of drug-likeness (QED) is 0.820. The van der Waals surface area contributed by atoms with Gasteiger partial charge in [0.2, 0.25) is 0 Å². The van der Waals surface area contributed by atoms with Crippen LogP contribution in [-0.4, -0.2) is 21.6 Å². The lowest BCUT2D eigenvalue weighted by molar-refractivity contribution is -0.136. The lowest BCUT2D eigenvalue weighted by Crippen LogP contribution is -2.39. The smallest absolute Gasteiger partial charge is 0.314 e. The normalized spacial score (nSPS) is 12.1. The molecule has 0 saturated carbocycles. The van der Waals surface area contributed by atoms with Crippen molar-refractivity contribution >= 4 is 17.6 Å². The van der Waals surface area contributed by atoms with Crippen molar-refractivity contribution in [2.24, 2.45) is 13.0 Å². The van der Waals surface area contributed by atoms with Gasteiger partial charge in [0.1, 0.15) is 5.82 Å². The number of nitrogens with zero attached hydrogens (tertiary/aromatic N) is 2. The molecule has 2 N–H and O–H groups in total. The summed E-state index contributed by atoms with van der Waals surface area (Å²) >= 11 is 0. The second kappa shape index (κ2) is 7.96. The maximum atomic E-state index is 12.3. The molecule has 2 aromatic rings. The Bertz CT molecular complexity index is 747. The summed E-state index contributed by atoms with van der Waals surface area (Å²) in [6, 6.07) is 9.61. The van der Waals surface area contributed by atoms with Gasteiger partial charge in [-0.3, -0.25) is 14.3 Å². The van der Waals surface area contributed by atoms with Gasteiger partial charge in [-0.2, -0.15) is 5.10 Å². The SMILES string of the molecule is CCc1ccc([C@H](NC(=O)C(=O)Nc2cc(C)nn2C)C(C)C)cc1. The van der Waals surface area contributed by atoms with Gasteiger partial charge in [-0.25, -0.2) is 0 Å². The van der Waals surface area contributed by atoms with Gasteiger partial charge in [-0.1, -0.05) is 45.0 Å². The molecular formula is C19H26N4O2. The van der Waals surface area contributed by atoms with Crippen LogP contribution >= 0.6 is 0 Å². The Kier molecular flexibility index (Phi) is 5.96. The molecule has 2 amide bonds. The standard InChI is InChI=1S/C19H26N4O2/c1-6-14-7-9-15(10-8-14)17(12(2)3)21-19(25)18(24)20-16-11-13(4)22-23(16)5/h7-12,17H,6H2,1-5H3,(H,20,24)(H,21,25)/t17-/m1/s1. The highest BCUT2D eigenvalue weighted by atomic mass is 16.2. The number of rotatable bonds is 5. The Labute approximate surface area is 148 Å². The molecule has 0 saturated heterocycles. The number of aromatic nitrogens is 2. The fourth-order valence-electron chi connectivity index (χ4n) is 2.70. The first-order valence-electron chi connectivity index (χ1n) is 8.53. The molecule has 0 radical (unpaired) electrons. The summed E-state index contributed by atoms with van der Waals surface area (Å²) in [6.07, 6.45) is 0.964. The monoisotopic (exact) mass is 342 g/mol. The molecule has 1 aromatic heterocycles. The molecule has 0 bridgehead atoms. The molecule has 0 aliphatic heterocycles. The number of nitrogens with one attached hydrogen (secondary N) is 2. The zero-order valence-corrected chi connectivity index (χ0v) is 15.5. The minimum Gasteiger partial charge on any atom is -0.341 e. The van der Waals surface area contributed by atoms with E-state index < -0.39 is 11.8 Å². The number of carbonyl (C=O) groups excluding carboxylic acids is 2. The first-order chi connectivity index (χ1) is 11.8. The molecule has 1 heterocycles. The molecule has 0 fully saturated rings. The number of carbonyl (C=O) groups is 2. The Morgan fingerprint density at radius 3 is 2.28 bits per heavy atom. The van der Waals surface area contributed by atoms with E-state index in [-0.39, 0.29) is 12.0 Å². The van der Waals surface area contributed by atoms with Gasteiger partial charge < -0.3 is 10.6 Å². The van der Waals surface area contributed by atoms with E-state index in [1.54, 1.807) is 13.1 Å². The van der Waals surface area contributed by atoms with E-state index in [4.69, 9.17) is 0 Å². The maximum Gasteiger partial charge on any atom is 0.314 e. The Morgan fingerprint density at radius 2 is 1.80 bits per heavy atom. The molecule has 1 aromatic carbocycles. The topological polar surface area (TPSA) is 76.0 Å². The molecule has 6 heteroatoms. The fourth-order valence-corrected chi connectivity index (χ4v) is 2.70. The largest absolute Gasteiger partial charge is 0.341 e. The van der Waals surface area contributed by atoms with Crippen molar-refractivity contribution in [3.63, 3.8) is 0 Å². The van der Waals surface area contributed by atoms with E-state index in [2.05, 4.69) is 34.8 Å². The minimum absolute atomic E-state index is 0.156. The summed E-state index contributed by atoms with van der Waals surface area (Å²) < 4.78 is 1.53. The van der Waals surface area contributed by atoms with Crippen molar-refractivity contribution in [3.05, 3.63) is 47.2 Å². The minimum atomic E-state index is -0.696. The van der Waals surface area contributed by atoms with E-state index in [1.807, 2.05) is 32.9 Å². The highest BCUT2D eigenvalue weighted by Crippen LogP contribution is 2.22. The zero-order valence-electron chi connectivity index (χ0n) is 15.5. The Morgan fingerprint density at radius 1 is 1.16 bits per heavy atom. The van der Waals surface area contributed by atoms with Crippen LogP contribution < -0.4 is 10.6 Å². The van der Waals surface area contributed by atoms with Crippen molar-refractivity contribution in [1.82, 2.24) is 15.1 Å². The maximum absolute atomic E-state index is 12.3. The molecule has 0 aliphatic rings. The number of aryl methyl sites for hydroxylation is 3. The van der Waals surface area contributed by atoms with E-state index in [0.717, 1.165) is 17.7 Å². The molecule has 6 nitrogen and oxygen atoms in total. The molecular weight excluding hydrogens is 316 g/mol. The first kappa shape index (κ1) is 18.7. The third-order valence-electron chi connectivity index (χ3n) is 4.15. The summed E-state index contributed by atoms with van der Waals surface area (Å²) in [4.78, 5) is 24.5. The lowest BCUT2D eigenvalue weighted by Gasteiger charge is -2.23. The molecule has 2 rings (SSSR count). The molecule has 25 heavy (non-hydrogen) atoms. The lowest BCUT2D eigenvalue weighted by atomic mass is 9.95. The van der Waals surface area contributed by atoms with Crippen LogP contribution in [0.1, 0.15) is 43.6 Å². The molecule has 1 atom stereocenters. The predicted molar refractivity (Wildman–Crippen MR) is 98.1 cm³/mol. The van der Waals surface area contributed by atoms with Crippen molar-refractivity contribution in [2.75, 3.05) is 5.32 Å². The van der Waals surface area contributed by atoms with Gasteiger partial charge in [0.15, 0.2) is 0 Å². The Hall–Kier alpha value is -2.63. The second-order valence-electron chi connectivity index (χ2n) is 6.54. The van der Waals surface area contributed by atoms with Crippen LogP contribution in [0.25, 0.3) is 0 Å². The van der Waals surface area contributed by atoms with E-state index in [9.17, 15) is 9.59 Å². The number of benzene rings is 1. The van der Waals surface area contributed by atoms with Gasteiger partial charge in [0.05, 0.1) is 11.7 Å². The third kappa shape index (κ3) is 4.68. The average molecular weight is 342 g/mol. The zero-order chi connectivity index (χ0) is 18.6. The number of hydrogen-bond acceptors (Lipinski definition) is 3. The van der Waals surface area contributed by atoms with Gasteiger partial charge in [0.25, 0.3) is 0 Å².